The average Bonchev–Trinajstić information content (AvgIpc) is 2.46. The standard InChI is InChI=1S/C16H17BrN2O4/c1-8(2)6-12(16(22)23)18-15(21)10-7-13(20)19-14-9(10)4-3-5-11(14)17/h3-5,7-8,12H,6H2,1-2H3,(H,18,21)(H,19,20)(H,22,23)/t12-/m0/s1. The summed E-state index contributed by atoms with van der Waals surface area (Å²) in [6.07, 6.45) is 0.311. The highest BCUT2D eigenvalue weighted by Crippen LogP contribution is 2.23. The van der Waals surface area contributed by atoms with Crippen LogP contribution in [0.5, 0.6) is 0 Å². The molecule has 1 aromatic carbocycles. The summed E-state index contributed by atoms with van der Waals surface area (Å²) in [4.78, 5) is 38.2. The summed E-state index contributed by atoms with van der Waals surface area (Å²) in [5.74, 6) is -1.56. The van der Waals surface area contributed by atoms with Crippen LogP contribution in [0.1, 0.15) is 30.6 Å². The van der Waals surface area contributed by atoms with Crippen LogP contribution in [0.4, 0.5) is 0 Å². The second-order valence-electron chi connectivity index (χ2n) is 5.70. The quantitative estimate of drug-likeness (QED) is 0.741. The Hall–Kier alpha value is -2.15. The second-order valence-corrected chi connectivity index (χ2v) is 6.56. The molecule has 2 aromatic rings. The maximum atomic E-state index is 12.5. The van der Waals surface area contributed by atoms with Crippen molar-refractivity contribution in [1.29, 1.82) is 0 Å². The molecule has 3 N–H and O–H groups in total. The number of amides is 1. The number of carboxylic acids is 1. The number of hydrogen-bond donors (Lipinski definition) is 3. The van der Waals surface area contributed by atoms with E-state index < -0.39 is 23.5 Å². The number of nitrogens with one attached hydrogen (secondary N) is 2. The van der Waals surface area contributed by atoms with E-state index in [4.69, 9.17) is 0 Å². The van der Waals surface area contributed by atoms with Crippen LogP contribution in [0, 0.1) is 5.92 Å². The molecule has 122 valence electrons. The molecule has 1 heterocycles. The Labute approximate surface area is 141 Å². The van der Waals surface area contributed by atoms with E-state index >= 15 is 0 Å². The number of fused-ring (bicyclic) bond motifs is 1. The van der Waals surface area contributed by atoms with E-state index in [-0.39, 0.29) is 11.5 Å². The van der Waals surface area contributed by atoms with Crippen molar-refractivity contribution in [2.45, 2.75) is 26.3 Å². The first-order chi connectivity index (χ1) is 10.8. The lowest BCUT2D eigenvalue weighted by molar-refractivity contribution is -0.139. The average molecular weight is 381 g/mol. The Morgan fingerprint density at radius 1 is 1.35 bits per heavy atom. The smallest absolute Gasteiger partial charge is 0.326 e. The number of aromatic nitrogens is 1. The van der Waals surface area contributed by atoms with Gasteiger partial charge >= 0.3 is 5.97 Å². The molecule has 0 radical (unpaired) electrons. The third-order valence-corrected chi connectivity index (χ3v) is 4.04. The largest absolute Gasteiger partial charge is 0.480 e. The Balaban J connectivity index is 2.43. The minimum absolute atomic E-state index is 0.112. The maximum Gasteiger partial charge on any atom is 0.326 e. The molecule has 1 aromatic heterocycles. The number of hydrogen-bond acceptors (Lipinski definition) is 3. The van der Waals surface area contributed by atoms with E-state index in [1.54, 1.807) is 18.2 Å². The van der Waals surface area contributed by atoms with Gasteiger partial charge in [0.1, 0.15) is 6.04 Å². The molecular weight excluding hydrogens is 364 g/mol. The summed E-state index contributed by atoms with van der Waals surface area (Å²) < 4.78 is 0.652. The summed E-state index contributed by atoms with van der Waals surface area (Å²) in [6, 6.07) is 5.37. The van der Waals surface area contributed by atoms with Crippen LogP contribution in [0.25, 0.3) is 10.9 Å². The van der Waals surface area contributed by atoms with Gasteiger partial charge in [-0.25, -0.2) is 4.79 Å². The van der Waals surface area contributed by atoms with Crippen molar-refractivity contribution < 1.29 is 14.7 Å². The lowest BCUT2D eigenvalue weighted by Crippen LogP contribution is -2.42. The zero-order chi connectivity index (χ0) is 17.1. The molecule has 0 bridgehead atoms. The van der Waals surface area contributed by atoms with Gasteiger partial charge in [0.25, 0.3) is 5.91 Å². The third kappa shape index (κ3) is 3.98. The summed E-state index contributed by atoms with van der Waals surface area (Å²) in [7, 11) is 0. The van der Waals surface area contributed by atoms with E-state index in [2.05, 4.69) is 26.2 Å². The number of rotatable bonds is 5. The van der Waals surface area contributed by atoms with Crippen molar-refractivity contribution in [2.24, 2.45) is 5.92 Å². The van der Waals surface area contributed by atoms with Crippen molar-refractivity contribution in [2.75, 3.05) is 0 Å². The Morgan fingerprint density at radius 3 is 2.65 bits per heavy atom. The van der Waals surface area contributed by atoms with Crippen molar-refractivity contribution in [1.82, 2.24) is 10.3 Å². The van der Waals surface area contributed by atoms with Gasteiger partial charge in [-0.05, 0) is 34.3 Å². The van der Waals surface area contributed by atoms with Crippen LogP contribution >= 0.6 is 15.9 Å². The Morgan fingerprint density at radius 2 is 2.04 bits per heavy atom. The zero-order valence-electron chi connectivity index (χ0n) is 12.7. The zero-order valence-corrected chi connectivity index (χ0v) is 14.3. The number of halogens is 1. The molecule has 0 unspecified atom stereocenters. The number of aliphatic carboxylic acids is 1. The van der Waals surface area contributed by atoms with Crippen molar-refractivity contribution in [3.05, 3.63) is 44.7 Å². The first-order valence-electron chi connectivity index (χ1n) is 7.14. The van der Waals surface area contributed by atoms with Gasteiger partial charge in [0, 0.05) is 15.9 Å². The minimum atomic E-state index is -1.10. The molecule has 0 saturated carbocycles. The number of aromatic amines is 1. The molecule has 0 fully saturated rings. The van der Waals surface area contributed by atoms with Gasteiger partial charge in [-0.2, -0.15) is 0 Å². The molecule has 0 aliphatic rings. The van der Waals surface area contributed by atoms with E-state index in [0.29, 0.717) is 21.8 Å². The highest BCUT2D eigenvalue weighted by atomic mass is 79.9. The fraction of sp³-hybridized carbons (Fsp3) is 0.312. The predicted molar refractivity (Wildman–Crippen MR) is 90.6 cm³/mol. The normalized spacial score (nSPS) is 12.3. The van der Waals surface area contributed by atoms with Crippen LogP contribution < -0.4 is 10.9 Å². The predicted octanol–water partition coefficient (Wildman–Crippen LogP) is 2.52. The highest BCUT2D eigenvalue weighted by Gasteiger charge is 2.23. The molecule has 6 nitrogen and oxygen atoms in total. The number of carboxylic acid groups (broad SMARTS) is 1. The van der Waals surface area contributed by atoms with Gasteiger partial charge in [-0.15, -0.1) is 0 Å². The van der Waals surface area contributed by atoms with Gasteiger partial charge < -0.3 is 15.4 Å². The second kappa shape index (κ2) is 6.95. The minimum Gasteiger partial charge on any atom is -0.480 e. The number of para-hydroxylation sites is 1. The number of benzene rings is 1. The van der Waals surface area contributed by atoms with E-state index in [0.717, 1.165) is 0 Å². The topological polar surface area (TPSA) is 99.3 Å². The molecule has 0 aliphatic heterocycles. The number of H-pyrrole nitrogens is 1. The van der Waals surface area contributed by atoms with Crippen LogP contribution in [0.3, 0.4) is 0 Å². The monoisotopic (exact) mass is 380 g/mol. The highest BCUT2D eigenvalue weighted by molar-refractivity contribution is 9.10. The SMILES string of the molecule is CC(C)C[C@H](NC(=O)c1cc(=O)[nH]c2c(Br)cccc12)C(=O)O. The van der Waals surface area contributed by atoms with Gasteiger partial charge in [-0.3, -0.25) is 9.59 Å². The van der Waals surface area contributed by atoms with E-state index in [1.165, 1.54) is 6.07 Å². The molecule has 0 saturated heterocycles. The summed E-state index contributed by atoms with van der Waals surface area (Å²) in [5, 5.41) is 12.3. The third-order valence-electron chi connectivity index (χ3n) is 3.38. The van der Waals surface area contributed by atoms with Crippen molar-refractivity contribution >= 4 is 38.7 Å². The van der Waals surface area contributed by atoms with Gasteiger partial charge in [0.15, 0.2) is 0 Å². The molecule has 1 atom stereocenters. The Bertz CT molecular complexity index is 813. The van der Waals surface area contributed by atoms with Crippen LogP contribution in [-0.4, -0.2) is 28.0 Å². The van der Waals surface area contributed by atoms with Crippen LogP contribution in [0.2, 0.25) is 0 Å². The first-order valence-corrected chi connectivity index (χ1v) is 7.94. The molecule has 2 rings (SSSR count). The molecule has 23 heavy (non-hydrogen) atoms. The van der Waals surface area contributed by atoms with E-state index in [1.807, 2.05) is 13.8 Å². The number of pyridine rings is 1. The first kappa shape index (κ1) is 17.2. The molecule has 0 aliphatic carbocycles. The lowest BCUT2D eigenvalue weighted by Gasteiger charge is -2.17. The number of carbonyl (C=O) groups is 2. The van der Waals surface area contributed by atoms with Crippen molar-refractivity contribution in [3.8, 4) is 0 Å². The van der Waals surface area contributed by atoms with Crippen LogP contribution in [0.15, 0.2) is 33.5 Å². The van der Waals surface area contributed by atoms with Gasteiger partial charge in [0.05, 0.1) is 11.1 Å². The van der Waals surface area contributed by atoms with Gasteiger partial charge in [-0.1, -0.05) is 26.0 Å². The summed E-state index contributed by atoms with van der Waals surface area (Å²) in [5.41, 5.74) is 0.228. The van der Waals surface area contributed by atoms with Crippen molar-refractivity contribution in [3.63, 3.8) is 0 Å². The molecule has 0 spiro atoms. The fourth-order valence-electron chi connectivity index (χ4n) is 2.36. The molecular formula is C16H17BrN2O4. The molecule has 7 heteroatoms. The summed E-state index contributed by atoms with van der Waals surface area (Å²) >= 11 is 3.33. The molecule has 1 amide bonds. The Kier molecular flexibility index (Phi) is 5.20. The van der Waals surface area contributed by atoms with E-state index in [9.17, 15) is 19.5 Å². The van der Waals surface area contributed by atoms with Crippen LogP contribution in [-0.2, 0) is 4.79 Å². The number of carbonyl (C=O) groups excluding carboxylic acids is 1. The maximum absolute atomic E-state index is 12.5. The van der Waals surface area contributed by atoms with Gasteiger partial charge in [0.2, 0.25) is 5.56 Å². The fourth-order valence-corrected chi connectivity index (χ4v) is 2.83. The lowest BCUT2D eigenvalue weighted by atomic mass is 10.0. The summed E-state index contributed by atoms with van der Waals surface area (Å²) in [6.45, 7) is 3.75.